The molecule has 0 fully saturated rings. The number of amides is 1. The monoisotopic (exact) mass is 276 g/mol. The van der Waals surface area contributed by atoms with Gasteiger partial charge in [-0.3, -0.25) is 9.59 Å². The Bertz CT molecular complexity index is 664. The SMILES string of the molecule is Cn1cccc(CNC(=O)c2ccccc2Cl)c1=O. The van der Waals surface area contributed by atoms with Crippen molar-refractivity contribution in [3.05, 3.63) is 69.1 Å². The average molecular weight is 277 g/mol. The molecule has 0 spiro atoms. The number of nitrogens with zero attached hydrogens (tertiary/aromatic N) is 1. The Kier molecular flexibility index (Phi) is 4.02. The molecule has 0 aliphatic rings. The summed E-state index contributed by atoms with van der Waals surface area (Å²) in [6.07, 6.45) is 1.67. The van der Waals surface area contributed by atoms with Crippen molar-refractivity contribution in [2.45, 2.75) is 6.54 Å². The van der Waals surface area contributed by atoms with Gasteiger partial charge in [0, 0.05) is 25.4 Å². The van der Waals surface area contributed by atoms with E-state index in [-0.39, 0.29) is 18.0 Å². The first-order valence-electron chi connectivity index (χ1n) is 5.77. The van der Waals surface area contributed by atoms with Crippen LogP contribution in [0.1, 0.15) is 15.9 Å². The van der Waals surface area contributed by atoms with Crippen molar-refractivity contribution in [3.63, 3.8) is 0 Å². The molecule has 0 saturated heterocycles. The van der Waals surface area contributed by atoms with Gasteiger partial charge in [-0.15, -0.1) is 0 Å². The molecule has 1 N–H and O–H groups in total. The molecule has 0 unspecified atom stereocenters. The van der Waals surface area contributed by atoms with E-state index in [0.29, 0.717) is 16.1 Å². The number of hydrogen-bond donors (Lipinski definition) is 1. The molecule has 0 aliphatic heterocycles. The van der Waals surface area contributed by atoms with Gasteiger partial charge >= 0.3 is 0 Å². The highest BCUT2D eigenvalue weighted by Gasteiger charge is 2.09. The largest absolute Gasteiger partial charge is 0.348 e. The number of aryl methyl sites for hydroxylation is 1. The zero-order valence-corrected chi connectivity index (χ0v) is 11.1. The third-order valence-corrected chi connectivity index (χ3v) is 3.09. The van der Waals surface area contributed by atoms with Crippen molar-refractivity contribution >= 4 is 17.5 Å². The molecule has 1 aromatic carbocycles. The third kappa shape index (κ3) is 3.03. The highest BCUT2D eigenvalue weighted by Crippen LogP contribution is 2.14. The lowest BCUT2D eigenvalue weighted by Gasteiger charge is -2.07. The Morgan fingerprint density at radius 2 is 2.00 bits per heavy atom. The first-order chi connectivity index (χ1) is 9.09. The average Bonchev–Trinajstić information content (AvgIpc) is 2.40. The van der Waals surface area contributed by atoms with E-state index >= 15 is 0 Å². The second kappa shape index (κ2) is 5.71. The van der Waals surface area contributed by atoms with Crippen molar-refractivity contribution in [2.75, 3.05) is 0 Å². The second-order valence-electron chi connectivity index (χ2n) is 4.11. The van der Waals surface area contributed by atoms with Gasteiger partial charge in [0.1, 0.15) is 0 Å². The van der Waals surface area contributed by atoms with Crippen LogP contribution in [0.15, 0.2) is 47.4 Å². The standard InChI is InChI=1S/C14H13ClN2O2/c1-17-8-4-5-10(14(17)19)9-16-13(18)11-6-2-3-7-12(11)15/h2-8H,9H2,1H3,(H,16,18). The molecule has 5 heteroatoms. The number of rotatable bonds is 3. The lowest BCUT2D eigenvalue weighted by atomic mass is 10.2. The molecule has 0 bridgehead atoms. The number of carbonyl (C=O) groups is 1. The van der Waals surface area contributed by atoms with E-state index in [0.717, 1.165) is 0 Å². The van der Waals surface area contributed by atoms with E-state index in [2.05, 4.69) is 5.32 Å². The molecule has 4 nitrogen and oxygen atoms in total. The summed E-state index contributed by atoms with van der Waals surface area (Å²) in [5.41, 5.74) is 0.810. The zero-order valence-electron chi connectivity index (χ0n) is 10.4. The summed E-state index contributed by atoms with van der Waals surface area (Å²) in [5.74, 6) is -0.295. The van der Waals surface area contributed by atoms with Crippen LogP contribution >= 0.6 is 11.6 Å². The van der Waals surface area contributed by atoms with Crippen molar-refractivity contribution in [1.29, 1.82) is 0 Å². The molecule has 19 heavy (non-hydrogen) atoms. The molecule has 98 valence electrons. The molecule has 0 radical (unpaired) electrons. The molecule has 1 heterocycles. The summed E-state index contributed by atoms with van der Waals surface area (Å²) >= 11 is 5.93. The van der Waals surface area contributed by atoms with E-state index in [1.807, 2.05) is 0 Å². The predicted molar refractivity (Wildman–Crippen MR) is 74.3 cm³/mol. The number of aromatic nitrogens is 1. The number of carbonyl (C=O) groups excluding carboxylic acids is 1. The maximum absolute atomic E-state index is 11.9. The topological polar surface area (TPSA) is 51.1 Å². The van der Waals surface area contributed by atoms with Crippen molar-refractivity contribution in [1.82, 2.24) is 9.88 Å². The van der Waals surface area contributed by atoms with Gasteiger partial charge in [-0.1, -0.05) is 29.8 Å². The summed E-state index contributed by atoms with van der Waals surface area (Å²) in [4.78, 5) is 23.7. The normalized spacial score (nSPS) is 10.2. The van der Waals surface area contributed by atoms with Crippen LogP contribution in [0.25, 0.3) is 0 Å². The lowest BCUT2D eigenvalue weighted by Crippen LogP contribution is -2.28. The third-order valence-electron chi connectivity index (χ3n) is 2.76. The van der Waals surface area contributed by atoms with Crippen LogP contribution in [0, 0.1) is 0 Å². The van der Waals surface area contributed by atoms with E-state index < -0.39 is 0 Å². The Hall–Kier alpha value is -2.07. The smallest absolute Gasteiger partial charge is 0.255 e. The van der Waals surface area contributed by atoms with Gasteiger partial charge in [0.25, 0.3) is 11.5 Å². The highest BCUT2D eigenvalue weighted by atomic mass is 35.5. The van der Waals surface area contributed by atoms with Gasteiger partial charge in [0.05, 0.1) is 10.6 Å². The van der Waals surface area contributed by atoms with E-state index in [9.17, 15) is 9.59 Å². The van der Waals surface area contributed by atoms with Crippen LogP contribution in [-0.4, -0.2) is 10.5 Å². The molecule has 0 atom stereocenters. The molecule has 0 aliphatic carbocycles. The summed E-state index contributed by atoms with van der Waals surface area (Å²) in [6, 6.07) is 10.2. The summed E-state index contributed by atoms with van der Waals surface area (Å²) < 4.78 is 1.47. The summed E-state index contributed by atoms with van der Waals surface area (Å²) in [6.45, 7) is 0.178. The fraction of sp³-hybridized carbons (Fsp3) is 0.143. The molecular weight excluding hydrogens is 264 g/mol. The quantitative estimate of drug-likeness (QED) is 0.932. The fourth-order valence-electron chi connectivity index (χ4n) is 1.70. The Labute approximate surface area is 115 Å². The Morgan fingerprint density at radius 1 is 1.26 bits per heavy atom. The van der Waals surface area contributed by atoms with Crippen LogP contribution < -0.4 is 10.9 Å². The minimum Gasteiger partial charge on any atom is -0.348 e. The molecule has 1 amide bonds. The molecule has 2 rings (SSSR count). The molecule has 1 aromatic heterocycles. The lowest BCUT2D eigenvalue weighted by molar-refractivity contribution is 0.0951. The van der Waals surface area contributed by atoms with Gasteiger partial charge in [0.15, 0.2) is 0 Å². The van der Waals surface area contributed by atoms with Crippen LogP contribution in [0.2, 0.25) is 5.02 Å². The Morgan fingerprint density at radius 3 is 2.74 bits per heavy atom. The van der Waals surface area contributed by atoms with Gasteiger partial charge in [-0.2, -0.15) is 0 Å². The van der Waals surface area contributed by atoms with Gasteiger partial charge in [-0.25, -0.2) is 0 Å². The van der Waals surface area contributed by atoms with E-state index in [1.54, 1.807) is 49.6 Å². The maximum Gasteiger partial charge on any atom is 0.255 e. The van der Waals surface area contributed by atoms with Crippen LogP contribution in [-0.2, 0) is 13.6 Å². The number of hydrogen-bond acceptors (Lipinski definition) is 2. The number of halogens is 1. The predicted octanol–water partition coefficient (Wildman–Crippen LogP) is 1.97. The molecule has 2 aromatic rings. The molecule has 0 saturated carbocycles. The van der Waals surface area contributed by atoms with Crippen LogP contribution in [0.3, 0.4) is 0 Å². The van der Waals surface area contributed by atoms with Crippen molar-refractivity contribution in [2.24, 2.45) is 7.05 Å². The Balaban J connectivity index is 2.11. The zero-order chi connectivity index (χ0) is 13.8. The van der Waals surface area contributed by atoms with Crippen molar-refractivity contribution < 1.29 is 4.79 Å². The van der Waals surface area contributed by atoms with Gasteiger partial charge < -0.3 is 9.88 Å². The van der Waals surface area contributed by atoms with Gasteiger partial charge in [0.2, 0.25) is 0 Å². The number of pyridine rings is 1. The van der Waals surface area contributed by atoms with E-state index in [1.165, 1.54) is 4.57 Å². The highest BCUT2D eigenvalue weighted by molar-refractivity contribution is 6.33. The molecular formula is C14H13ClN2O2. The fourth-order valence-corrected chi connectivity index (χ4v) is 1.93. The number of nitrogens with one attached hydrogen (secondary N) is 1. The minimum absolute atomic E-state index is 0.123. The van der Waals surface area contributed by atoms with Crippen LogP contribution in [0.5, 0.6) is 0 Å². The first-order valence-corrected chi connectivity index (χ1v) is 6.14. The second-order valence-corrected chi connectivity index (χ2v) is 4.52. The first kappa shape index (κ1) is 13.4. The number of benzene rings is 1. The van der Waals surface area contributed by atoms with Crippen molar-refractivity contribution in [3.8, 4) is 0 Å². The van der Waals surface area contributed by atoms with Crippen LogP contribution in [0.4, 0.5) is 0 Å². The summed E-state index contributed by atoms with van der Waals surface area (Å²) in [5, 5.41) is 3.08. The van der Waals surface area contributed by atoms with E-state index in [4.69, 9.17) is 11.6 Å². The van der Waals surface area contributed by atoms with Gasteiger partial charge in [-0.05, 0) is 18.2 Å². The summed E-state index contributed by atoms with van der Waals surface area (Å²) in [7, 11) is 1.67. The minimum atomic E-state index is -0.295. The maximum atomic E-state index is 11.9.